The van der Waals surface area contributed by atoms with E-state index in [1.165, 1.54) is 12.1 Å². The van der Waals surface area contributed by atoms with Crippen LogP contribution in [0.15, 0.2) is 42.1 Å². The molecule has 0 saturated carbocycles. The lowest BCUT2D eigenvalue weighted by molar-refractivity contribution is -0.112. The summed E-state index contributed by atoms with van der Waals surface area (Å²) in [6, 6.07) is 10.2. The van der Waals surface area contributed by atoms with Gasteiger partial charge in [0.05, 0.1) is 10.7 Å². The molecule has 1 heterocycles. The van der Waals surface area contributed by atoms with Crippen molar-refractivity contribution in [2.75, 3.05) is 5.32 Å². The number of amides is 1. The highest BCUT2D eigenvalue weighted by atomic mass is 35.5. The Kier molecular flexibility index (Phi) is 4.69. The molecule has 0 saturated heterocycles. The number of halogens is 2. The average Bonchev–Trinajstić information content (AvgIpc) is 2.84. The Bertz CT molecular complexity index is 757. The molecular weight excluding hydrogens is 309 g/mol. The molecule has 2 aromatic rings. The molecule has 6 heteroatoms. The van der Waals surface area contributed by atoms with Crippen LogP contribution in [-0.2, 0) is 11.8 Å². The molecule has 0 aliphatic rings. The minimum absolute atomic E-state index is 0.0113. The number of nitrogens with one attached hydrogen (secondary N) is 1. The molecule has 0 spiro atoms. The van der Waals surface area contributed by atoms with Crippen molar-refractivity contribution in [3.8, 4) is 6.07 Å². The van der Waals surface area contributed by atoms with E-state index < -0.39 is 5.91 Å². The van der Waals surface area contributed by atoms with Crippen molar-refractivity contribution in [3.63, 3.8) is 0 Å². The van der Waals surface area contributed by atoms with E-state index in [0.717, 1.165) is 5.69 Å². The predicted octanol–water partition coefficient (Wildman–Crippen LogP) is 3.88. The van der Waals surface area contributed by atoms with Gasteiger partial charge in [-0.25, -0.2) is 0 Å². The fourth-order valence-corrected chi connectivity index (χ4v) is 2.16. The van der Waals surface area contributed by atoms with Crippen LogP contribution in [0.1, 0.15) is 5.69 Å². The molecule has 0 aliphatic heterocycles. The molecule has 0 fully saturated rings. The van der Waals surface area contributed by atoms with Crippen LogP contribution in [0.25, 0.3) is 6.08 Å². The van der Waals surface area contributed by atoms with Crippen LogP contribution in [0.3, 0.4) is 0 Å². The van der Waals surface area contributed by atoms with Crippen molar-refractivity contribution in [1.29, 1.82) is 5.26 Å². The van der Waals surface area contributed by atoms with Gasteiger partial charge in [0.1, 0.15) is 11.6 Å². The van der Waals surface area contributed by atoms with Gasteiger partial charge in [0.15, 0.2) is 0 Å². The Morgan fingerprint density at radius 1 is 1.38 bits per heavy atom. The van der Waals surface area contributed by atoms with E-state index in [-0.39, 0.29) is 5.57 Å². The maximum absolute atomic E-state index is 12.1. The summed E-state index contributed by atoms with van der Waals surface area (Å²) in [6.45, 7) is 0. The standard InChI is InChI=1S/C15H11Cl2N3O/c1-20-6-2-3-12(20)7-10(9-18)15(21)19-14-5-4-11(16)8-13(14)17/h2-8H,1H3,(H,19,21)/b10-7-. The summed E-state index contributed by atoms with van der Waals surface area (Å²) in [4.78, 5) is 12.1. The Hall–Kier alpha value is -2.22. The molecule has 0 radical (unpaired) electrons. The third kappa shape index (κ3) is 3.66. The average molecular weight is 320 g/mol. The highest BCUT2D eigenvalue weighted by Gasteiger charge is 2.12. The number of nitrogens with zero attached hydrogens (tertiary/aromatic N) is 2. The minimum atomic E-state index is -0.525. The number of carbonyl (C=O) groups excluding carboxylic acids is 1. The number of hydrogen-bond acceptors (Lipinski definition) is 2. The molecule has 106 valence electrons. The van der Waals surface area contributed by atoms with Gasteiger partial charge >= 0.3 is 0 Å². The molecule has 2 rings (SSSR count). The first kappa shape index (κ1) is 15.2. The highest BCUT2D eigenvalue weighted by molar-refractivity contribution is 6.36. The summed E-state index contributed by atoms with van der Waals surface area (Å²) in [5, 5.41) is 12.5. The summed E-state index contributed by atoms with van der Waals surface area (Å²) in [7, 11) is 1.83. The van der Waals surface area contributed by atoms with Gasteiger partial charge < -0.3 is 9.88 Å². The summed E-state index contributed by atoms with van der Waals surface area (Å²) in [5.74, 6) is -0.525. The van der Waals surface area contributed by atoms with Gasteiger partial charge in [0.25, 0.3) is 5.91 Å². The van der Waals surface area contributed by atoms with Crippen molar-refractivity contribution in [1.82, 2.24) is 4.57 Å². The van der Waals surface area contributed by atoms with E-state index in [2.05, 4.69) is 5.32 Å². The third-order valence-electron chi connectivity index (χ3n) is 2.82. The topological polar surface area (TPSA) is 57.8 Å². The van der Waals surface area contributed by atoms with Gasteiger partial charge in [-0.1, -0.05) is 23.2 Å². The van der Waals surface area contributed by atoms with Gasteiger partial charge in [0, 0.05) is 24.0 Å². The number of hydrogen-bond donors (Lipinski definition) is 1. The summed E-state index contributed by atoms with van der Waals surface area (Å²) >= 11 is 11.8. The van der Waals surface area contributed by atoms with Gasteiger partial charge in [-0.15, -0.1) is 0 Å². The van der Waals surface area contributed by atoms with Gasteiger partial charge in [0.2, 0.25) is 0 Å². The zero-order valence-electron chi connectivity index (χ0n) is 11.1. The first-order chi connectivity index (χ1) is 10.0. The van der Waals surface area contributed by atoms with E-state index in [1.54, 1.807) is 22.8 Å². The van der Waals surface area contributed by atoms with Crippen molar-refractivity contribution < 1.29 is 4.79 Å². The predicted molar refractivity (Wildman–Crippen MR) is 84.1 cm³/mol. The van der Waals surface area contributed by atoms with Gasteiger partial charge in [-0.2, -0.15) is 5.26 Å². The molecule has 0 atom stereocenters. The molecular formula is C15H11Cl2N3O. The first-order valence-corrected chi connectivity index (χ1v) is 6.76. The quantitative estimate of drug-likeness (QED) is 0.689. The van der Waals surface area contributed by atoms with Crippen molar-refractivity contribution in [3.05, 3.63) is 57.8 Å². The summed E-state index contributed by atoms with van der Waals surface area (Å²) < 4.78 is 1.81. The van der Waals surface area contributed by atoms with Crippen molar-refractivity contribution >= 4 is 40.9 Å². The number of carbonyl (C=O) groups is 1. The van der Waals surface area contributed by atoms with E-state index >= 15 is 0 Å². The molecule has 4 nitrogen and oxygen atoms in total. The first-order valence-electron chi connectivity index (χ1n) is 6.01. The largest absolute Gasteiger partial charge is 0.351 e. The molecule has 1 amide bonds. The molecule has 21 heavy (non-hydrogen) atoms. The molecule has 1 aromatic carbocycles. The molecule has 1 N–H and O–H groups in total. The third-order valence-corrected chi connectivity index (χ3v) is 3.37. The Labute approximate surface area is 132 Å². The maximum atomic E-state index is 12.1. The van der Waals surface area contributed by atoms with Crippen LogP contribution in [0.2, 0.25) is 10.0 Å². The lowest BCUT2D eigenvalue weighted by Crippen LogP contribution is -2.14. The zero-order valence-corrected chi connectivity index (χ0v) is 12.6. The van der Waals surface area contributed by atoms with Crippen LogP contribution < -0.4 is 5.32 Å². The van der Waals surface area contributed by atoms with E-state index in [9.17, 15) is 4.79 Å². The maximum Gasteiger partial charge on any atom is 0.266 e. The summed E-state index contributed by atoms with van der Waals surface area (Å²) in [5.41, 5.74) is 1.14. The lowest BCUT2D eigenvalue weighted by Gasteiger charge is -2.07. The fourth-order valence-electron chi connectivity index (χ4n) is 1.70. The summed E-state index contributed by atoms with van der Waals surface area (Å²) in [6.07, 6.45) is 3.34. The minimum Gasteiger partial charge on any atom is -0.351 e. The Balaban J connectivity index is 2.24. The van der Waals surface area contributed by atoms with Crippen LogP contribution in [0.4, 0.5) is 5.69 Å². The zero-order chi connectivity index (χ0) is 15.4. The number of anilines is 1. The molecule has 0 unspecified atom stereocenters. The van der Waals surface area contributed by atoms with Crippen molar-refractivity contribution in [2.24, 2.45) is 7.05 Å². The fraction of sp³-hybridized carbons (Fsp3) is 0.0667. The Morgan fingerprint density at radius 2 is 2.14 bits per heavy atom. The number of benzene rings is 1. The molecule has 0 bridgehead atoms. The smallest absolute Gasteiger partial charge is 0.266 e. The van der Waals surface area contributed by atoms with Crippen molar-refractivity contribution in [2.45, 2.75) is 0 Å². The number of aryl methyl sites for hydroxylation is 1. The Morgan fingerprint density at radius 3 is 2.71 bits per heavy atom. The number of aromatic nitrogens is 1. The van der Waals surface area contributed by atoms with Crippen LogP contribution in [0.5, 0.6) is 0 Å². The lowest BCUT2D eigenvalue weighted by atomic mass is 10.2. The molecule has 0 aliphatic carbocycles. The molecule has 1 aromatic heterocycles. The normalized spacial score (nSPS) is 11.0. The van der Waals surface area contributed by atoms with E-state index in [0.29, 0.717) is 15.7 Å². The highest BCUT2D eigenvalue weighted by Crippen LogP contribution is 2.25. The van der Waals surface area contributed by atoms with E-state index in [1.807, 2.05) is 25.4 Å². The number of nitriles is 1. The second kappa shape index (κ2) is 6.49. The number of rotatable bonds is 3. The van der Waals surface area contributed by atoms with E-state index in [4.69, 9.17) is 28.5 Å². The van der Waals surface area contributed by atoms with Crippen LogP contribution in [-0.4, -0.2) is 10.5 Å². The second-order valence-corrected chi connectivity index (χ2v) is 5.14. The SMILES string of the molecule is Cn1cccc1/C=C(/C#N)C(=O)Nc1ccc(Cl)cc1Cl. The monoisotopic (exact) mass is 319 g/mol. The second-order valence-electron chi connectivity index (χ2n) is 4.29. The van der Waals surface area contributed by atoms with Gasteiger partial charge in [-0.05, 0) is 36.4 Å². The van der Waals surface area contributed by atoms with Gasteiger partial charge in [-0.3, -0.25) is 4.79 Å². The van der Waals surface area contributed by atoms with Crippen LogP contribution >= 0.6 is 23.2 Å². The van der Waals surface area contributed by atoms with Crippen LogP contribution in [0, 0.1) is 11.3 Å².